The summed E-state index contributed by atoms with van der Waals surface area (Å²) in [6, 6.07) is 0. The Morgan fingerprint density at radius 1 is 1.50 bits per heavy atom. The Kier molecular flexibility index (Phi) is 4.13. The summed E-state index contributed by atoms with van der Waals surface area (Å²) in [5.41, 5.74) is 0. The fraction of sp³-hybridized carbons (Fsp3) is 1.00. The van der Waals surface area contributed by atoms with E-state index >= 15 is 0 Å². The van der Waals surface area contributed by atoms with Gasteiger partial charge in [0.2, 0.25) is 0 Å². The lowest BCUT2D eigenvalue weighted by molar-refractivity contribution is 0.455. The first-order valence-corrected chi connectivity index (χ1v) is 4.73. The minimum atomic E-state index is -1.92. The summed E-state index contributed by atoms with van der Waals surface area (Å²) in [7, 11) is 0. The van der Waals surface area contributed by atoms with Crippen LogP contribution in [0.4, 0.5) is 0 Å². The second-order valence-electron chi connectivity index (χ2n) is 2.79. The molecule has 0 heterocycles. The molecule has 0 aliphatic heterocycles. The summed E-state index contributed by atoms with van der Waals surface area (Å²) >= 11 is -1.92. The van der Waals surface area contributed by atoms with Gasteiger partial charge in [0.15, 0.2) is 0 Å². The van der Waals surface area contributed by atoms with E-state index in [0.717, 1.165) is 12.8 Å². The van der Waals surface area contributed by atoms with Crippen LogP contribution in [0.15, 0.2) is 0 Å². The molecule has 2 nitrogen and oxygen atoms in total. The van der Waals surface area contributed by atoms with Gasteiger partial charge in [-0.1, -0.05) is 20.3 Å². The zero-order valence-corrected chi connectivity index (χ0v) is 7.66. The van der Waals surface area contributed by atoms with E-state index in [4.69, 9.17) is 0 Å². The Hall–Kier alpha value is 0.110. The second-order valence-corrected chi connectivity index (χ2v) is 4.24. The average Bonchev–Trinajstić information content (AvgIpc) is 1.88. The molecule has 0 aliphatic rings. The second kappa shape index (κ2) is 4.09. The third kappa shape index (κ3) is 2.39. The third-order valence-corrected chi connectivity index (χ3v) is 3.23. The van der Waals surface area contributed by atoms with Gasteiger partial charge in [0.05, 0.1) is 0 Å². The smallest absolute Gasteiger partial charge is 0.0296 e. The van der Waals surface area contributed by atoms with Crippen molar-refractivity contribution in [1.82, 2.24) is 0 Å². The first-order valence-electron chi connectivity index (χ1n) is 3.66. The van der Waals surface area contributed by atoms with Gasteiger partial charge in [-0.05, 0) is 30.8 Å². The van der Waals surface area contributed by atoms with Gasteiger partial charge in [0.1, 0.15) is 0 Å². The van der Waals surface area contributed by atoms with E-state index < -0.39 is 15.8 Å². The highest BCUT2D eigenvalue weighted by molar-refractivity contribution is 7.80. The van der Waals surface area contributed by atoms with Crippen molar-refractivity contribution in [1.29, 1.82) is 0 Å². The van der Waals surface area contributed by atoms with Gasteiger partial charge in [-0.2, -0.15) is 0 Å². The highest BCUT2D eigenvalue weighted by Gasteiger charge is 2.21. The molecule has 3 heteroatoms. The van der Waals surface area contributed by atoms with Crippen LogP contribution in [0.3, 0.4) is 0 Å². The maximum absolute atomic E-state index is 10.6. The lowest BCUT2D eigenvalue weighted by Gasteiger charge is -2.30. The fourth-order valence-corrected chi connectivity index (χ4v) is 1.51. The van der Waals surface area contributed by atoms with Crippen LogP contribution in [-0.4, -0.2) is 13.5 Å². The standard InChI is InChI=1S/C7H16O2S/c1-4-6-7(3,5-2)10(8)9/h4-6H2,1-3H3,(H,8,9)/p-1. The number of hydrogen-bond acceptors (Lipinski definition) is 2. The van der Waals surface area contributed by atoms with Crippen molar-refractivity contribution in [2.75, 3.05) is 0 Å². The molecule has 0 saturated carbocycles. The topological polar surface area (TPSA) is 40.1 Å². The van der Waals surface area contributed by atoms with E-state index in [1.54, 1.807) is 6.92 Å². The Labute approximate surface area is 65.3 Å². The monoisotopic (exact) mass is 163 g/mol. The Morgan fingerprint density at radius 3 is 2.10 bits per heavy atom. The summed E-state index contributed by atoms with van der Waals surface area (Å²) in [5.74, 6) is 0. The van der Waals surface area contributed by atoms with Crippen molar-refractivity contribution in [3.63, 3.8) is 0 Å². The molecular formula is C7H15O2S-. The predicted molar refractivity (Wildman–Crippen MR) is 42.5 cm³/mol. The van der Waals surface area contributed by atoms with Gasteiger partial charge < -0.3 is 4.55 Å². The van der Waals surface area contributed by atoms with Gasteiger partial charge in [0.25, 0.3) is 0 Å². The molecule has 62 valence electrons. The lowest BCUT2D eigenvalue weighted by Crippen LogP contribution is -2.29. The number of hydrogen-bond donors (Lipinski definition) is 0. The molecule has 0 N–H and O–H groups in total. The molecule has 0 fully saturated rings. The highest BCUT2D eigenvalue weighted by Crippen LogP contribution is 2.22. The third-order valence-electron chi connectivity index (χ3n) is 1.93. The van der Waals surface area contributed by atoms with E-state index in [1.807, 2.05) is 13.8 Å². The van der Waals surface area contributed by atoms with Crippen molar-refractivity contribution in [2.45, 2.75) is 44.8 Å². The maximum Gasteiger partial charge on any atom is 0.0296 e. The minimum Gasteiger partial charge on any atom is -0.772 e. The van der Waals surface area contributed by atoms with E-state index in [2.05, 4.69) is 0 Å². The Morgan fingerprint density at radius 2 is 2.00 bits per heavy atom. The van der Waals surface area contributed by atoms with Crippen molar-refractivity contribution in [3.8, 4) is 0 Å². The van der Waals surface area contributed by atoms with Crippen LogP contribution in [0.5, 0.6) is 0 Å². The van der Waals surface area contributed by atoms with Crippen LogP contribution in [0.25, 0.3) is 0 Å². The van der Waals surface area contributed by atoms with E-state index in [1.165, 1.54) is 0 Å². The molecule has 0 aromatic carbocycles. The summed E-state index contributed by atoms with van der Waals surface area (Å²) < 4.78 is 20.8. The number of rotatable bonds is 4. The zero-order chi connectivity index (χ0) is 8.20. The van der Waals surface area contributed by atoms with Crippen molar-refractivity contribution < 1.29 is 8.76 Å². The Bertz CT molecular complexity index is 125. The molecule has 10 heavy (non-hydrogen) atoms. The molecule has 0 saturated heterocycles. The predicted octanol–water partition coefficient (Wildman–Crippen LogP) is 1.83. The normalized spacial score (nSPS) is 20.0. The highest BCUT2D eigenvalue weighted by atomic mass is 32.2. The first-order chi connectivity index (χ1) is 4.56. The van der Waals surface area contributed by atoms with Gasteiger partial charge in [-0.3, -0.25) is 4.21 Å². The molecular weight excluding hydrogens is 148 g/mol. The van der Waals surface area contributed by atoms with E-state index in [0.29, 0.717) is 6.42 Å². The molecule has 0 spiro atoms. The maximum atomic E-state index is 10.6. The summed E-state index contributed by atoms with van der Waals surface area (Å²) in [5, 5.41) is 0. The van der Waals surface area contributed by atoms with Crippen LogP contribution >= 0.6 is 0 Å². The van der Waals surface area contributed by atoms with Crippen LogP contribution < -0.4 is 0 Å². The van der Waals surface area contributed by atoms with Gasteiger partial charge in [-0.15, -0.1) is 0 Å². The minimum absolute atomic E-state index is 0.491. The van der Waals surface area contributed by atoms with Crippen LogP contribution in [0.2, 0.25) is 0 Å². The van der Waals surface area contributed by atoms with E-state index in [9.17, 15) is 8.76 Å². The lowest BCUT2D eigenvalue weighted by atomic mass is 10.0. The summed E-state index contributed by atoms with van der Waals surface area (Å²) in [4.78, 5) is 0. The largest absolute Gasteiger partial charge is 0.772 e. The molecule has 0 aromatic rings. The van der Waals surface area contributed by atoms with Crippen LogP contribution in [-0.2, 0) is 11.1 Å². The molecule has 2 unspecified atom stereocenters. The Balaban J connectivity index is 4.08. The van der Waals surface area contributed by atoms with Crippen molar-refractivity contribution in [2.24, 2.45) is 0 Å². The molecule has 0 aliphatic carbocycles. The van der Waals surface area contributed by atoms with Gasteiger partial charge >= 0.3 is 0 Å². The van der Waals surface area contributed by atoms with Crippen LogP contribution in [0, 0.1) is 0 Å². The summed E-state index contributed by atoms with van der Waals surface area (Å²) in [6.45, 7) is 5.70. The molecule has 0 amide bonds. The van der Waals surface area contributed by atoms with Gasteiger partial charge in [0, 0.05) is 4.75 Å². The molecule has 0 aromatic heterocycles. The average molecular weight is 163 g/mol. The molecule has 2 atom stereocenters. The zero-order valence-electron chi connectivity index (χ0n) is 6.85. The molecule has 0 radical (unpaired) electrons. The summed E-state index contributed by atoms with van der Waals surface area (Å²) in [6.07, 6.45) is 2.40. The van der Waals surface area contributed by atoms with Crippen LogP contribution in [0.1, 0.15) is 40.0 Å². The van der Waals surface area contributed by atoms with Crippen molar-refractivity contribution in [3.05, 3.63) is 0 Å². The molecule has 0 bridgehead atoms. The van der Waals surface area contributed by atoms with E-state index in [-0.39, 0.29) is 0 Å². The van der Waals surface area contributed by atoms with Gasteiger partial charge in [-0.25, -0.2) is 0 Å². The van der Waals surface area contributed by atoms with Crippen molar-refractivity contribution >= 4 is 11.1 Å². The molecule has 0 rings (SSSR count). The quantitative estimate of drug-likeness (QED) is 0.593. The SMILES string of the molecule is CCCC(C)(CC)S(=O)[O-]. The fourth-order valence-electron chi connectivity index (χ4n) is 0.907. The first kappa shape index (κ1) is 10.1.